The summed E-state index contributed by atoms with van der Waals surface area (Å²) >= 11 is 0. The summed E-state index contributed by atoms with van der Waals surface area (Å²) in [4.78, 5) is 12.0. The van der Waals surface area contributed by atoms with E-state index in [0.717, 1.165) is 5.56 Å². The van der Waals surface area contributed by atoms with E-state index >= 15 is 0 Å². The lowest BCUT2D eigenvalue weighted by Gasteiger charge is -2.28. The lowest BCUT2D eigenvalue weighted by atomic mass is 9.84. The molecule has 0 radical (unpaired) electrons. The van der Waals surface area contributed by atoms with Gasteiger partial charge in [0.05, 0.1) is 27.4 Å². The number of ether oxygens (including phenoxy) is 3. The fraction of sp³-hybridized carbons (Fsp3) is 0.409. The monoisotopic (exact) mass is 403 g/mol. The summed E-state index contributed by atoms with van der Waals surface area (Å²) in [7, 11) is 4.45. The van der Waals surface area contributed by atoms with Gasteiger partial charge in [-0.2, -0.15) is 0 Å². The van der Waals surface area contributed by atoms with Crippen molar-refractivity contribution in [2.45, 2.75) is 37.3 Å². The van der Waals surface area contributed by atoms with Gasteiger partial charge in [0, 0.05) is 18.4 Å². The highest BCUT2D eigenvalue weighted by molar-refractivity contribution is 5.79. The number of methoxy groups -OCH3 is 3. The lowest BCUT2D eigenvalue weighted by Crippen LogP contribution is -2.52. The third-order valence-electron chi connectivity index (χ3n) is 4.93. The standard InChI is InChI=1S/C22H29NO6/c1-27-18-12-10-16(19(28-2)20(18)29-3)13-22(23,21(25)26)14-17(24)11-9-15-7-5-4-6-8-15/h4-8,10,12,17,24H,9,11,13-14,23H2,1-3H3,(H,25,26). The molecule has 0 spiro atoms. The molecule has 0 fully saturated rings. The topological polar surface area (TPSA) is 111 Å². The van der Waals surface area contributed by atoms with E-state index in [1.54, 1.807) is 12.1 Å². The number of carboxylic acid groups (broad SMARTS) is 1. The Kier molecular flexibility index (Phi) is 7.87. The Morgan fingerprint density at radius 3 is 2.24 bits per heavy atom. The van der Waals surface area contributed by atoms with E-state index in [1.807, 2.05) is 30.3 Å². The van der Waals surface area contributed by atoms with E-state index in [2.05, 4.69) is 0 Å². The first-order valence-electron chi connectivity index (χ1n) is 9.36. The smallest absolute Gasteiger partial charge is 0.324 e. The zero-order valence-electron chi connectivity index (χ0n) is 17.1. The van der Waals surface area contributed by atoms with E-state index in [1.165, 1.54) is 21.3 Å². The Hall–Kier alpha value is -2.77. The van der Waals surface area contributed by atoms with Crippen molar-refractivity contribution in [3.8, 4) is 17.2 Å². The van der Waals surface area contributed by atoms with Crippen LogP contribution in [-0.4, -0.2) is 49.2 Å². The van der Waals surface area contributed by atoms with Gasteiger partial charge < -0.3 is 30.2 Å². The number of carboxylic acids is 1. The maximum atomic E-state index is 12.0. The number of benzene rings is 2. The van der Waals surface area contributed by atoms with Crippen LogP contribution in [0, 0.1) is 0 Å². The number of hydrogen-bond acceptors (Lipinski definition) is 6. The predicted octanol–water partition coefficient (Wildman–Crippen LogP) is 2.42. The third kappa shape index (κ3) is 5.62. The van der Waals surface area contributed by atoms with Crippen molar-refractivity contribution in [3.63, 3.8) is 0 Å². The van der Waals surface area contributed by atoms with Crippen molar-refractivity contribution in [1.29, 1.82) is 0 Å². The number of rotatable bonds is 11. The van der Waals surface area contributed by atoms with Gasteiger partial charge in [-0.15, -0.1) is 0 Å². The summed E-state index contributed by atoms with van der Waals surface area (Å²) in [6.45, 7) is 0. The van der Waals surface area contributed by atoms with Crippen LogP contribution in [0.5, 0.6) is 17.2 Å². The molecule has 158 valence electrons. The van der Waals surface area contributed by atoms with E-state index in [4.69, 9.17) is 19.9 Å². The van der Waals surface area contributed by atoms with Gasteiger partial charge >= 0.3 is 5.97 Å². The number of carbonyl (C=O) groups is 1. The van der Waals surface area contributed by atoms with Gasteiger partial charge in [-0.1, -0.05) is 36.4 Å². The van der Waals surface area contributed by atoms with E-state index in [9.17, 15) is 15.0 Å². The molecule has 0 aliphatic heterocycles. The Labute approximate surface area is 171 Å². The van der Waals surface area contributed by atoms with Crippen LogP contribution < -0.4 is 19.9 Å². The Balaban J connectivity index is 2.19. The minimum absolute atomic E-state index is 0.0335. The van der Waals surface area contributed by atoms with Crippen molar-refractivity contribution in [2.75, 3.05) is 21.3 Å². The molecule has 2 rings (SSSR count). The molecule has 7 nitrogen and oxygen atoms in total. The van der Waals surface area contributed by atoms with Gasteiger partial charge in [-0.05, 0) is 24.5 Å². The van der Waals surface area contributed by atoms with E-state index < -0.39 is 17.6 Å². The summed E-state index contributed by atoms with van der Waals surface area (Å²) in [5.74, 6) is 0.00797. The highest BCUT2D eigenvalue weighted by Gasteiger charge is 2.37. The molecule has 0 saturated carbocycles. The van der Waals surface area contributed by atoms with Crippen LogP contribution in [0.1, 0.15) is 24.0 Å². The largest absolute Gasteiger partial charge is 0.493 e. The molecule has 0 aliphatic rings. The number of nitrogens with two attached hydrogens (primary N) is 1. The molecule has 2 aromatic carbocycles. The van der Waals surface area contributed by atoms with Crippen LogP contribution in [0.4, 0.5) is 0 Å². The first-order chi connectivity index (χ1) is 13.8. The van der Waals surface area contributed by atoms with Gasteiger partial charge in [0.25, 0.3) is 0 Å². The molecular formula is C22H29NO6. The molecule has 0 aromatic heterocycles. The minimum Gasteiger partial charge on any atom is -0.493 e. The van der Waals surface area contributed by atoms with Crippen molar-refractivity contribution >= 4 is 5.97 Å². The summed E-state index contributed by atoms with van der Waals surface area (Å²) in [6, 6.07) is 13.1. The molecule has 0 aliphatic carbocycles. The predicted molar refractivity (Wildman–Crippen MR) is 110 cm³/mol. The first-order valence-corrected chi connectivity index (χ1v) is 9.36. The van der Waals surface area contributed by atoms with Gasteiger partial charge in [0.2, 0.25) is 5.75 Å². The molecule has 0 amide bonds. The molecule has 2 atom stereocenters. The van der Waals surface area contributed by atoms with Crippen LogP contribution in [0.25, 0.3) is 0 Å². The molecule has 0 heterocycles. The molecule has 7 heteroatoms. The van der Waals surface area contributed by atoms with E-state index in [-0.39, 0.29) is 12.8 Å². The second-order valence-electron chi connectivity index (χ2n) is 7.01. The van der Waals surface area contributed by atoms with Crippen LogP contribution >= 0.6 is 0 Å². The van der Waals surface area contributed by atoms with Gasteiger partial charge in [0.1, 0.15) is 5.54 Å². The average Bonchev–Trinajstić information content (AvgIpc) is 2.72. The number of aryl methyl sites for hydroxylation is 1. The number of aliphatic hydroxyl groups excluding tert-OH is 1. The fourth-order valence-corrected chi connectivity index (χ4v) is 3.38. The van der Waals surface area contributed by atoms with Crippen molar-refractivity contribution in [3.05, 3.63) is 53.6 Å². The van der Waals surface area contributed by atoms with Crippen LogP contribution in [0.2, 0.25) is 0 Å². The van der Waals surface area contributed by atoms with Crippen LogP contribution in [0.3, 0.4) is 0 Å². The molecule has 0 saturated heterocycles. The Morgan fingerprint density at radius 2 is 1.69 bits per heavy atom. The molecule has 0 bridgehead atoms. The highest BCUT2D eigenvalue weighted by Crippen LogP contribution is 2.41. The molecule has 29 heavy (non-hydrogen) atoms. The van der Waals surface area contributed by atoms with Crippen LogP contribution in [0.15, 0.2) is 42.5 Å². The van der Waals surface area contributed by atoms with Gasteiger partial charge in [0.15, 0.2) is 11.5 Å². The average molecular weight is 403 g/mol. The maximum absolute atomic E-state index is 12.0. The second kappa shape index (κ2) is 10.1. The molecule has 4 N–H and O–H groups in total. The quantitative estimate of drug-likeness (QED) is 0.528. The first kappa shape index (κ1) is 22.5. The van der Waals surface area contributed by atoms with Gasteiger partial charge in [-0.25, -0.2) is 0 Å². The summed E-state index contributed by atoms with van der Waals surface area (Å²) in [6.07, 6.45) is 0.0693. The summed E-state index contributed by atoms with van der Waals surface area (Å²) in [5, 5.41) is 20.2. The number of aliphatic carboxylic acids is 1. The highest BCUT2D eigenvalue weighted by atomic mass is 16.5. The molecule has 2 aromatic rings. The lowest BCUT2D eigenvalue weighted by molar-refractivity contribution is -0.144. The summed E-state index contributed by atoms with van der Waals surface area (Å²) < 4.78 is 16.0. The molecule has 2 unspecified atom stereocenters. The van der Waals surface area contributed by atoms with Crippen molar-refractivity contribution in [2.24, 2.45) is 5.73 Å². The zero-order chi connectivity index (χ0) is 21.4. The third-order valence-corrected chi connectivity index (χ3v) is 4.93. The Bertz CT molecular complexity index is 810. The van der Waals surface area contributed by atoms with Gasteiger partial charge in [-0.3, -0.25) is 4.79 Å². The van der Waals surface area contributed by atoms with Crippen LogP contribution in [-0.2, 0) is 17.6 Å². The maximum Gasteiger partial charge on any atom is 0.324 e. The van der Waals surface area contributed by atoms with E-state index in [0.29, 0.717) is 35.7 Å². The minimum atomic E-state index is -1.66. The Morgan fingerprint density at radius 1 is 1.03 bits per heavy atom. The SMILES string of the molecule is COc1ccc(CC(N)(CC(O)CCc2ccccc2)C(=O)O)c(OC)c1OC. The molecular weight excluding hydrogens is 374 g/mol. The summed E-state index contributed by atoms with van der Waals surface area (Å²) in [5.41, 5.74) is 6.21. The number of aliphatic hydroxyl groups is 1. The second-order valence-corrected chi connectivity index (χ2v) is 7.01. The zero-order valence-corrected chi connectivity index (χ0v) is 17.1. The number of hydrogen-bond donors (Lipinski definition) is 3. The normalized spacial score (nSPS) is 14.0. The fourth-order valence-electron chi connectivity index (χ4n) is 3.38. The van der Waals surface area contributed by atoms with Crippen molar-refractivity contribution < 1.29 is 29.2 Å². The van der Waals surface area contributed by atoms with Crippen molar-refractivity contribution in [1.82, 2.24) is 0 Å².